The molecule has 9 nitrogen and oxygen atoms in total. The van der Waals surface area contributed by atoms with Crippen molar-refractivity contribution in [1.29, 1.82) is 0 Å². The zero-order chi connectivity index (χ0) is 35.1. The molecule has 0 fully saturated rings. The third-order valence-electron chi connectivity index (χ3n) is 8.92. The molecule has 4 aromatic carbocycles. The van der Waals surface area contributed by atoms with Crippen molar-refractivity contribution in [2.24, 2.45) is 4.99 Å². The summed E-state index contributed by atoms with van der Waals surface area (Å²) in [5, 5.41) is 9.11. The molecule has 1 aliphatic carbocycles. The minimum Gasteiger partial charge on any atom is -0.494 e. The van der Waals surface area contributed by atoms with Crippen molar-refractivity contribution < 1.29 is 28.9 Å². The summed E-state index contributed by atoms with van der Waals surface area (Å²) in [5.41, 5.74) is 10.1. The summed E-state index contributed by atoms with van der Waals surface area (Å²) < 4.78 is 18.0. The SMILES string of the molecule is CC(C)(C)OC(=O)CC[C@]1(C(=O)NNC2Cc3ccccc3C2)N=C(c2ccc(OCCCO)cc2)O[C@H]1c1ccc(-c2ccccc2)cc1. The molecular formula is C41H45N3O6. The topological polar surface area (TPSA) is 118 Å². The van der Waals surface area contributed by atoms with Crippen molar-refractivity contribution in [3.63, 3.8) is 0 Å². The lowest BCUT2D eigenvalue weighted by molar-refractivity contribution is -0.155. The first-order valence-corrected chi connectivity index (χ1v) is 17.2. The number of carbonyl (C=O) groups excluding carboxylic acids is 2. The lowest BCUT2D eigenvalue weighted by atomic mass is 9.83. The van der Waals surface area contributed by atoms with Crippen molar-refractivity contribution in [3.05, 3.63) is 125 Å². The number of rotatable bonds is 13. The molecule has 9 heteroatoms. The Balaban J connectivity index is 1.33. The number of nitrogens with zero attached hydrogens (tertiary/aromatic N) is 1. The Morgan fingerprint density at radius 1 is 0.860 bits per heavy atom. The number of fused-ring (bicyclic) bond motifs is 1. The van der Waals surface area contributed by atoms with Crippen molar-refractivity contribution in [2.75, 3.05) is 13.2 Å². The zero-order valence-corrected chi connectivity index (χ0v) is 28.9. The van der Waals surface area contributed by atoms with Crippen LogP contribution in [0.1, 0.15) is 68.4 Å². The number of nitrogens with one attached hydrogen (secondary N) is 2. The van der Waals surface area contributed by atoms with Gasteiger partial charge in [0.15, 0.2) is 11.6 Å². The lowest BCUT2D eigenvalue weighted by Crippen LogP contribution is -2.55. The van der Waals surface area contributed by atoms with Gasteiger partial charge in [0, 0.05) is 31.1 Å². The third kappa shape index (κ3) is 8.23. The van der Waals surface area contributed by atoms with Gasteiger partial charge in [0.2, 0.25) is 5.90 Å². The molecule has 260 valence electrons. The van der Waals surface area contributed by atoms with Gasteiger partial charge in [-0.2, -0.15) is 0 Å². The van der Waals surface area contributed by atoms with E-state index < -0.39 is 29.1 Å². The molecule has 2 aliphatic rings. The number of aliphatic hydroxyl groups is 1. The van der Waals surface area contributed by atoms with Crippen molar-refractivity contribution >= 4 is 17.8 Å². The summed E-state index contributed by atoms with van der Waals surface area (Å²) in [5.74, 6) is 0.115. The number of hydrogen-bond donors (Lipinski definition) is 3. The smallest absolute Gasteiger partial charge is 0.306 e. The summed E-state index contributed by atoms with van der Waals surface area (Å²) in [6.07, 6.45) is 1.26. The summed E-state index contributed by atoms with van der Waals surface area (Å²) in [6, 6.07) is 33.6. The first kappa shape index (κ1) is 34.9. The van der Waals surface area contributed by atoms with Gasteiger partial charge in [-0.15, -0.1) is 0 Å². The highest BCUT2D eigenvalue weighted by Crippen LogP contribution is 2.44. The van der Waals surface area contributed by atoms with Crippen LogP contribution in [-0.2, 0) is 31.9 Å². The van der Waals surface area contributed by atoms with Crippen molar-refractivity contribution in [2.45, 2.75) is 76.2 Å². The van der Waals surface area contributed by atoms with E-state index in [0.29, 0.717) is 24.3 Å². The van der Waals surface area contributed by atoms with Gasteiger partial charge in [-0.25, -0.2) is 10.4 Å². The van der Waals surface area contributed by atoms with Gasteiger partial charge < -0.3 is 19.3 Å². The fourth-order valence-corrected chi connectivity index (χ4v) is 6.47. The van der Waals surface area contributed by atoms with Crippen LogP contribution in [0.5, 0.6) is 5.75 Å². The number of benzene rings is 4. The monoisotopic (exact) mass is 675 g/mol. The number of carbonyl (C=O) groups is 2. The first-order chi connectivity index (χ1) is 24.1. The number of ether oxygens (including phenoxy) is 3. The molecule has 1 aliphatic heterocycles. The Morgan fingerprint density at radius 2 is 1.48 bits per heavy atom. The average molecular weight is 676 g/mol. The third-order valence-corrected chi connectivity index (χ3v) is 8.92. The van der Waals surface area contributed by atoms with E-state index in [1.54, 1.807) is 0 Å². The molecule has 1 heterocycles. The minimum atomic E-state index is -1.50. The van der Waals surface area contributed by atoms with Gasteiger partial charge >= 0.3 is 5.97 Å². The number of hydrazine groups is 1. The first-order valence-electron chi connectivity index (χ1n) is 17.2. The van der Waals surface area contributed by atoms with Gasteiger partial charge in [0.1, 0.15) is 11.4 Å². The highest BCUT2D eigenvalue weighted by Gasteiger charge is 2.53. The second-order valence-corrected chi connectivity index (χ2v) is 13.8. The Hall–Kier alpha value is -4.99. The second-order valence-electron chi connectivity index (χ2n) is 13.8. The van der Waals surface area contributed by atoms with E-state index in [1.165, 1.54) is 11.1 Å². The molecule has 1 amide bonds. The predicted molar refractivity (Wildman–Crippen MR) is 193 cm³/mol. The normalized spacial score (nSPS) is 18.6. The molecule has 6 rings (SSSR count). The van der Waals surface area contributed by atoms with E-state index in [2.05, 4.69) is 23.0 Å². The summed E-state index contributed by atoms with van der Waals surface area (Å²) >= 11 is 0. The standard InChI is InChI=1S/C41H45N3O6/c1-40(2,3)50-36(46)22-23-41(39(47)44-43-34-26-32-12-7-8-13-33(32)27-34)37(30-16-14-29(15-17-30)28-10-5-4-6-11-28)49-38(42-41)31-18-20-35(21-19-31)48-25-9-24-45/h4-8,10-21,34,37,43,45H,9,22-27H2,1-3H3,(H,44,47)/t37-,41-/m0/s1. The molecule has 0 bridgehead atoms. The Morgan fingerprint density at radius 3 is 2.12 bits per heavy atom. The number of hydrogen-bond acceptors (Lipinski definition) is 8. The van der Waals surface area contributed by atoms with Crippen LogP contribution in [-0.4, -0.2) is 53.3 Å². The van der Waals surface area contributed by atoms with Crippen molar-refractivity contribution in [3.8, 4) is 16.9 Å². The number of aliphatic hydroxyl groups excluding tert-OH is 1. The molecule has 0 aromatic heterocycles. The van der Waals surface area contributed by atoms with E-state index in [0.717, 1.165) is 29.5 Å². The van der Waals surface area contributed by atoms with E-state index in [-0.39, 0.29) is 31.4 Å². The van der Waals surface area contributed by atoms with E-state index in [9.17, 15) is 9.59 Å². The maximum atomic E-state index is 14.6. The zero-order valence-electron chi connectivity index (χ0n) is 28.9. The number of esters is 1. The van der Waals surface area contributed by atoms with E-state index in [4.69, 9.17) is 24.3 Å². The van der Waals surface area contributed by atoms with Gasteiger partial charge in [-0.1, -0.05) is 78.9 Å². The highest BCUT2D eigenvalue weighted by atomic mass is 16.6. The fourth-order valence-electron chi connectivity index (χ4n) is 6.47. The van der Waals surface area contributed by atoms with Gasteiger partial charge in [0.05, 0.1) is 6.61 Å². The maximum Gasteiger partial charge on any atom is 0.306 e. The van der Waals surface area contributed by atoms with Crippen LogP contribution in [0, 0.1) is 0 Å². The summed E-state index contributed by atoms with van der Waals surface area (Å²) in [7, 11) is 0. The largest absolute Gasteiger partial charge is 0.494 e. The molecule has 2 atom stereocenters. The van der Waals surface area contributed by atoms with Crippen LogP contribution in [0.3, 0.4) is 0 Å². The van der Waals surface area contributed by atoms with Crippen LogP contribution in [0.2, 0.25) is 0 Å². The Kier molecular flexibility index (Phi) is 10.6. The molecule has 0 saturated heterocycles. The van der Waals surface area contributed by atoms with Crippen molar-refractivity contribution in [1.82, 2.24) is 10.9 Å². The van der Waals surface area contributed by atoms with E-state index >= 15 is 0 Å². The molecule has 0 spiro atoms. The lowest BCUT2D eigenvalue weighted by Gasteiger charge is -2.31. The minimum absolute atomic E-state index is 0.00649. The molecule has 50 heavy (non-hydrogen) atoms. The van der Waals surface area contributed by atoms with Gasteiger partial charge in [-0.05, 0) is 92.1 Å². The number of aliphatic imine (C=N–C) groups is 1. The van der Waals surface area contributed by atoms with Gasteiger partial charge in [0.25, 0.3) is 5.91 Å². The van der Waals surface area contributed by atoms with Gasteiger partial charge in [-0.3, -0.25) is 15.0 Å². The molecule has 0 saturated carbocycles. The fraction of sp³-hybridized carbons (Fsp3) is 0.341. The Bertz CT molecular complexity index is 1780. The second kappa shape index (κ2) is 15.3. The summed E-state index contributed by atoms with van der Waals surface area (Å²) in [6.45, 7) is 5.90. The molecular weight excluding hydrogens is 630 g/mol. The van der Waals surface area contributed by atoms with Crippen LogP contribution < -0.4 is 15.6 Å². The van der Waals surface area contributed by atoms with Crippen LogP contribution in [0.25, 0.3) is 11.1 Å². The Labute approximate surface area is 293 Å². The molecule has 0 unspecified atom stereocenters. The van der Waals surface area contributed by atoms with Crippen LogP contribution in [0.4, 0.5) is 0 Å². The number of amides is 1. The average Bonchev–Trinajstić information content (AvgIpc) is 3.72. The highest BCUT2D eigenvalue weighted by molar-refractivity contribution is 6.01. The van der Waals surface area contributed by atoms with E-state index in [1.807, 2.05) is 112 Å². The van der Waals surface area contributed by atoms with Crippen LogP contribution >= 0.6 is 0 Å². The molecule has 4 aromatic rings. The molecule has 0 radical (unpaired) electrons. The molecule has 3 N–H and O–H groups in total. The maximum absolute atomic E-state index is 14.6. The predicted octanol–water partition coefficient (Wildman–Crippen LogP) is 6.28. The summed E-state index contributed by atoms with van der Waals surface area (Å²) in [4.78, 5) is 32.8. The quantitative estimate of drug-likeness (QED) is 0.0867. The van der Waals surface area contributed by atoms with Crippen LogP contribution in [0.15, 0.2) is 108 Å².